The fraction of sp³-hybridized carbons (Fsp3) is 0.0556. The van der Waals surface area contributed by atoms with Gasteiger partial charge in [0, 0.05) is 23.5 Å². The van der Waals surface area contributed by atoms with E-state index in [9.17, 15) is 8.78 Å². The third-order valence-electron chi connectivity index (χ3n) is 3.67. The maximum atomic E-state index is 14.5. The van der Waals surface area contributed by atoms with Gasteiger partial charge < -0.3 is 4.42 Å². The molecule has 4 aromatic heterocycles. The average Bonchev–Trinajstić information content (AvgIpc) is 3.15. The number of aromatic nitrogens is 5. The molecule has 4 aromatic rings. The van der Waals surface area contributed by atoms with Crippen molar-refractivity contribution in [2.45, 2.75) is 6.92 Å². The Hall–Kier alpha value is -3.55. The smallest absolute Gasteiger partial charge is 0.266 e. The van der Waals surface area contributed by atoms with Crippen LogP contribution in [0.25, 0.3) is 34.3 Å². The fourth-order valence-corrected chi connectivity index (χ4v) is 2.46. The van der Waals surface area contributed by atoms with Gasteiger partial charge in [-0.3, -0.25) is 9.97 Å². The summed E-state index contributed by atoms with van der Waals surface area (Å²) in [5.74, 6) is -0.795. The predicted molar refractivity (Wildman–Crippen MR) is 88.6 cm³/mol. The third-order valence-corrected chi connectivity index (χ3v) is 3.67. The summed E-state index contributed by atoms with van der Waals surface area (Å²) in [5, 5.41) is 7.90. The summed E-state index contributed by atoms with van der Waals surface area (Å²) < 4.78 is 33.6. The number of nitrogens with zero attached hydrogens (tertiary/aromatic N) is 5. The normalized spacial score (nSPS) is 10.9. The first-order valence-corrected chi connectivity index (χ1v) is 7.65. The Morgan fingerprint density at radius 1 is 0.962 bits per heavy atom. The Bertz CT molecular complexity index is 1080. The Morgan fingerprint density at radius 3 is 2.50 bits per heavy atom. The van der Waals surface area contributed by atoms with Crippen LogP contribution in [0.3, 0.4) is 0 Å². The van der Waals surface area contributed by atoms with Crippen molar-refractivity contribution in [3.63, 3.8) is 0 Å². The molecule has 0 atom stereocenters. The molecule has 128 valence electrons. The van der Waals surface area contributed by atoms with Crippen LogP contribution in [0.1, 0.15) is 5.69 Å². The van der Waals surface area contributed by atoms with Gasteiger partial charge >= 0.3 is 0 Å². The lowest BCUT2D eigenvalue weighted by molar-refractivity contribution is 0.576. The molecular formula is C18H11F2N5O. The van der Waals surface area contributed by atoms with Crippen molar-refractivity contribution < 1.29 is 13.2 Å². The molecule has 0 aliphatic rings. The first kappa shape index (κ1) is 15.9. The summed E-state index contributed by atoms with van der Waals surface area (Å²) in [7, 11) is 0. The van der Waals surface area contributed by atoms with Crippen LogP contribution in [0.2, 0.25) is 0 Å². The molecular weight excluding hydrogens is 340 g/mol. The quantitative estimate of drug-likeness (QED) is 0.558. The van der Waals surface area contributed by atoms with E-state index < -0.39 is 11.6 Å². The molecule has 0 amide bonds. The molecule has 0 bridgehead atoms. The van der Waals surface area contributed by atoms with E-state index in [-0.39, 0.29) is 28.7 Å². The van der Waals surface area contributed by atoms with E-state index in [1.54, 1.807) is 24.4 Å². The van der Waals surface area contributed by atoms with Crippen molar-refractivity contribution in [3.05, 3.63) is 66.3 Å². The highest BCUT2D eigenvalue weighted by atomic mass is 19.1. The minimum absolute atomic E-state index is 0.111. The number of hydrogen-bond acceptors (Lipinski definition) is 6. The van der Waals surface area contributed by atoms with E-state index in [0.29, 0.717) is 11.3 Å². The van der Waals surface area contributed by atoms with E-state index in [1.165, 1.54) is 25.3 Å². The standard InChI is InChI=1S/C18H11F2N5O/c1-10-16(20)13(11-6-12(19)9-21-8-11)7-15(23-10)18-25-24-17(26-18)14-4-2-3-5-22-14/h2-9H,1H3. The number of halogens is 2. The van der Waals surface area contributed by atoms with Gasteiger partial charge in [-0.25, -0.2) is 13.8 Å². The van der Waals surface area contributed by atoms with Gasteiger partial charge in [-0.1, -0.05) is 6.07 Å². The second-order valence-corrected chi connectivity index (χ2v) is 5.47. The first-order chi connectivity index (χ1) is 12.6. The maximum absolute atomic E-state index is 14.5. The lowest BCUT2D eigenvalue weighted by atomic mass is 10.1. The number of pyridine rings is 3. The van der Waals surface area contributed by atoms with Gasteiger partial charge in [0.2, 0.25) is 0 Å². The third kappa shape index (κ3) is 2.92. The summed E-state index contributed by atoms with van der Waals surface area (Å²) in [6.45, 7) is 1.51. The van der Waals surface area contributed by atoms with E-state index >= 15 is 0 Å². The molecule has 0 spiro atoms. The van der Waals surface area contributed by atoms with Gasteiger partial charge in [0.1, 0.15) is 17.2 Å². The van der Waals surface area contributed by atoms with Crippen LogP contribution in [0, 0.1) is 18.6 Å². The van der Waals surface area contributed by atoms with Crippen LogP contribution in [-0.2, 0) is 0 Å². The molecule has 0 aromatic carbocycles. The van der Waals surface area contributed by atoms with Crippen molar-refractivity contribution in [2.24, 2.45) is 0 Å². The molecule has 4 rings (SSSR count). The van der Waals surface area contributed by atoms with Crippen LogP contribution in [-0.4, -0.2) is 25.1 Å². The zero-order valence-electron chi connectivity index (χ0n) is 13.5. The lowest BCUT2D eigenvalue weighted by Crippen LogP contribution is -1.97. The lowest BCUT2D eigenvalue weighted by Gasteiger charge is -2.07. The molecule has 0 aliphatic heterocycles. The van der Waals surface area contributed by atoms with Crippen LogP contribution in [0.5, 0.6) is 0 Å². The van der Waals surface area contributed by atoms with Gasteiger partial charge in [-0.05, 0) is 31.2 Å². The molecule has 0 N–H and O–H groups in total. The van der Waals surface area contributed by atoms with Crippen molar-refractivity contribution in [3.8, 4) is 34.3 Å². The van der Waals surface area contributed by atoms with E-state index in [0.717, 1.165) is 6.20 Å². The van der Waals surface area contributed by atoms with E-state index in [4.69, 9.17) is 4.42 Å². The molecule has 8 heteroatoms. The Labute approximate surface area is 146 Å². The summed E-state index contributed by atoms with van der Waals surface area (Å²) in [6.07, 6.45) is 4.03. The zero-order valence-corrected chi connectivity index (χ0v) is 13.5. The predicted octanol–water partition coefficient (Wildman–Crippen LogP) is 3.84. The molecule has 0 saturated heterocycles. The zero-order chi connectivity index (χ0) is 18.1. The van der Waals surface area contributed by atoms with E-state index in [1.807, 2.05) is 0 Å². The van der Waals surface area contributed by atoms with Crippen molar-refractivity contribution >= 4 is 0 Å². The Morgan fingerprint density at radius 2 is 1.77 bits per heavy atom. The van der Waals surface area contributed by atoms with Gasteiger partial charge in [0.05, 0.1) is 11.9 Å². The van der Waals surface area contributed by atoms with Crippen molar-refractivity contribution in [2.75, 3.05) is 0 Å². The number of hydrogen-bond donors (Lipinski definition) is 0. The van der Waals surface area contributed by atoms with Crippen molar-refractivity contribution in [1.82, 2.24) is 25.1 Å². The molecule has 0 unspecified atom stereocenters. The highest BCUT2D eigenvalue weighted by Gasteiger charge is 2.18. The minimum Gasteiger partial charge on any atom is -0.413 e. The van der Waals surface area contributed by atoms with Crippen LogP contribution < -0.4 is 0 Å². The maximum Gasteiger partial charge on any atom is 0.266 e. The summed E-state index contributed by atoms with van der Waals surface area (Å²) in [5.41, 5.74) is 1.35. The SMILES string of the molecule is Cc1nc(-c2nnc(-c3ccccn3)o2)cc(-c2cncc(F)c2)c1F. The summed E-state index contributed by atoms with van der Waals surface area (Å²) >= 11 is 0. The number of aryl methyl sites for hydroxylation is 1. The van der Waals surface area contributed by atoms with Crippen molar-refractivity contribution in [1.29, 1.82) is 0 Å². The summed E-state index contributed by atoms with van der Waals surface area (Å²) in [6, 6.07) is 7.91. The topological polar surface area (TPSA) is 77.6 Å². The second kappa shape index (κ2) is 6.40. The van der Waals surface area contributed by atoms with E-state index in [2.05, 4.69) is 25.1 Å². The fourth-order valence-electron chi connectivity index (χ4n) is 2.46. The highest BCUT2D eigenvalue weighted by Crippen LogP contribution is 2.29. The second-order valence-electron chi connectivity index (χ2n) is 5.47. The molecule has 0 aliphatic carbocycles. The van der Waals surface area contributed by atoms with Gasteiger partial charge in [0.15, 0.2) is 5.82 Å². The first-order valence-electron chi connectivity index (χ1n) is 7.65. The molecule has 4 heterocycles. The van der Waals surface area contributed by atoms with Gasteiger partial charge in [-0.2, -0.15) is 0 Å². The Balaban J connectivity index is 1.80. The van der Waals surface area contributed by atoms with Gasteiger partial charge in [0.25, 0.3) is 11.8 Å². The Kier molecular flexibility index (Phi) is 3.92. The molecule has 0 fully saturated rings. The monoisotopic (exact) mass is 351 g/mol. The van der Waals surface area contributed by atoms with Gasteiger partial charge in [-0.15, -0.1) is 10.2 Å². The largest absolute Gasteiger partial charge is 0.413 e. The van der Waals surface area contributed by atoms with Crippen LogP contribution in [0.15, 0.2) is 53.3 Å². The summed E-state index contributed by atoms with van der Waals surface area (Å²) in [4.78, 5) is 12.0. The molecule has 0 radical (unpaired) electrons. The van der Waals surface area contributed by atoms with Crippen LogP contribution >= 0.6 is 0 Å². The number of rotatable bonds is 3. The van der Waals surface area contributed by atoms with Crippen LogP contribution in [0.4, 0.5) is 8.78 Å². The highest BCUT2D eigenvalue weighted by molar-refractivity contribution is 5.68. The minimum atomic E-state index is -0.564. The average molecular weight is 351 g/mol. The molecule has 0 saturated carbocycles. The molecule has 6 nitrogen and oxygen atoms in total. The molecule has 26 heavy (non-hydrogen) atoms.